The highest BCUT2D eigenvalue weighted by molar-refractivity contribution is 6.08. The van der Waals surface area contributed by atoms with Gasteiger partial charge in [-0.05, 0) is 42.7 Å². The first kappa shape index (κ1) is 20.7. The Bertz CT molecular complexity index is 1050. The number of benzene rings is 2. The molecule has 2 aliphatic rings. The first-order chi connectivity index (χ1) is 14.8. The number of rotatable bonds is 6. The van der Waals surface area contributed by atoms with Gasteiger partial charge in [-0.25, -0.2) is 4.79 Å². The molecule has 2 aromatic rings. The van der Waals surface area contributed by atoms with E-state index >= 15 is 0 Å². The van der Waals surface area contributed by atoms with Gasteiger partial charge in [-0.2, -0.15) is 0 Å². The molecule has 1 N–H and O–H groups in total. The van der Waals surface area contributed by atoms with Crippen LogP contribution in [0.4, 0.5) is 4.79 Å². The summed E-state index contributed by atoms with van der Waals surface area (Å²) in [5.74, 6) is 0.536. The zero-order chi connectivity index (χ0) is 22.2. The molecule has 1 saturated heterocycles. The van der Waals surface area contributed by atoms with Crippen molar-refractivity contribution in [1.29, 1.82) is 0 Å². The molecule has 162 valence electrons. The first-order valence-corrected chi connectivity index (χ1v) is 10.1. The van der Waals surface area contributed by atoms with Crippen LogP contribution >= 0.6 is 0 Å². The molecule has 4 rings (SSSR count). The fraction of sp³-hybridized carbons (Fsp3) is 0.348. The van der Waals surface area contributed by atoms with Crippen molar-refractivity contribution in [3.8, 4) is 11.5 Å². The van der Waals surface area contributed by atoms with Crippen molar-refractivity contribution in [1.82, 2.24) is 15.1 Å². The monoisotopic (exact) mass is 423 g/mol. The van der Waals surface area contributed by atoms with E-state index in [-0.39, 0.29) is 25.7 Å². The lowest BCUT2D eigenvalue weighted by Crippen LogP contribution is -2.47. The highest BCUT2D eigenvalue weighted by Crippen LogP contribution is 2.34. The molecule has 31 heavy (non-hydrogen) atoms. The van der Waals surface area contributed by atoms with Gasteiger partial charge in [0, 0.05) is 20.0 Å². The summed E-state index contributed by atoms with van der Waals surface area (Å²) >= 11 is 0. The number of likely N-dealkylation sites (N-methyl/N-ethyl adjacent to an activating group) is 1. The second-order valence-electron chi connectivity index (χ2n) is 8.19. The number of nitrogens with zero attached hydrogens (tertiary/aromatic N) is 2. The van der Waals surface area contributed by atoms with Crippen molar-refractivity contribution in [3.63, 3.8) is 0 Å². The summed E-state index contributed by atoms with van der Waals surface area (Å²) < 4.78 is 10.7. The maximum atomic E-state index is 13.1. The molecule has 0 aliphatic carbocycles. The van der Waals surface area contributed by atoms with Crippen LogP contribution in [0.5, 0.6) is 11.5 Å². The second kappa shape index (κ2) is 7.94. The number of hydrogen-bond acceptors (Lipinski definition) is 5. The standard InChI is InChI=1S/C23H25N3O5/c1-15-6-4-5-7-17(15)12-25(3)20(27)13-26-21(28)23(2,24-22(26)29)11-16-8-9-18-19(10-16)31-14-30-18/h4-10H,11-14H2,1-3H3,(H,24,29). The van der Waals surface area contributed by atoms with Crippen molar-refractivity contribution < 1.29 is 23.9 Å². The number of carbonyl (C=O) groups is 3. The number of ether oxygens (including phenoxy) is 2. The van der Waals surface area contributed by atoms with Gasteiger partial charge in [-0.1, -0.05) is 30.3 Å². The highest BCUT2D eigenvalue weighted by Gasteiger charge is 2.48. The summed E-state index contributed by atoms with van der Waals surface area (Å²) in [6.45, 7) is 3.91. The van der Waals surface area contributed by atoms with Gasteiger partial charge >= 0.3 is 6.03 Å². The predicted octanol–water partition coefficient (Wildman–Crippen LogP) is 2.24. The van der Waals surface area contributed by atoms with Crippen LogP contribution in [0.15, 0.2) is 42.5 Å². The van der Waals surface area contributed by atoms with Crippen LogP contribution in [0.3, 0.4) is 0 Å². The van der Waals surface area contributed by atoms with Crippen LogP contribution in [0, 0.1) is 6.92 Å². The van der Waals surface area contributed by atoms with Crippen molar-refractivity contribution in [2.24, 2.45) is 0 Å². The van der Waals surface area contributed by atoms with Crippen LogP contribution in [-0.4, -0.2) is 53.6 Å². The number of carbonyl (C=O) groups excluding carboxylic acids is 3. The number of aryl methyl sites for hydroxylation is 1. The van der Waals surface area contributed by atoms with Gasteiger partial charge in [0.2, 0.25) is 12.7 Å². The highest BCUT2D eigenvalue weighted by atomic mass is 16.7. The number of imide groups is 1. The lowest BCUT2D eigenvalue weighted by molar-refractivity contribution is -0.138. The molecular weight excluding hydrogens is 398 g/mol. The van der Waals surface area contributed by atoms with E-state index in [2.05, 4.69) is 5.32 Å². The Morgan fingerprint density at radius 2 is 1.90 bits per heavy atom. The smallest absolute Gasteiger partial charge is 0.325 e. The molecule has 0 saturated carbocycles. The lowest BCUT2D eigenvalue weighted by Gasteiger charge is -2.23. The van der Waals surface area contributed by atoms with E-state index < -0.39 is 17.5 Å². The molecule has 8 heteroatoms. The third-order valence-corrected chi connectivity index (χ3v) is 5.73. The lowest BCUT2D eigenvalue weighted by atomic mass is 9.92. The predicted molar refractivity (Wildman–Crippen MR) is 113 cm³/mol. The number of fused-ring (bicyclic) bond motifs is 1. The number of amides is 4. The van der Waals surface area contributed by atoms with Crippen LogP contribution in [0.1, 0.15) is 23.6 Å². The number of nitrogens with one attached hydrogen (secondary N) is 1. The first-order valence-electron chi connectivity index (χ1n) is 10.1. The van der Waals surface area contributed by atoms with Crippen molar-refractivity contribution >= 4 is 17.8 Å². The molecule has 0 radical (unpaired) electrons. The maximum absolute atomic E-state index is 13.1. The molecule has 8 nitrogen and oxygen atoms in total. The van der Waals surface area contributed by atoms with Gasteiger partial charge in [-0.15, -0.1) is 0 Å². The average molecular weight is 423 g/mol. The fourth-order valence-electron chi connectivity index (χ4n) is 3.86. The van der Waals surface area contributed by atoms with E-state index in [1.54, 1.807) is 26.1 Å². The summed E-state index contributed by atoms with van der Waals surface area (Å²) in [7, 11) is 1.67. The molecular formula is C23H25N3O5. The maximum Gasteiger partial charge on any atom is 0.325 e. The molecule has 2 aromatic carbocycles. The average Bonchev–Trinajstić information content (AvgIpc) is 3.27. The zero-order valence-electron chi connectivity index (χ0n) is 17.8. The van der Waals surface area contributed by atoms with Crippen LogP contribution in [0.2, 0.25) is 0 Å². The Morgan fingerprint density at radius 3 is 2.68 bits per heavy atom. The van der Waals surface area contributed by atoms with Crippen molar-refractivity contribution in [2.75, 3.05) is 20.4 Å². The molecule has 4 amide bonds. The third kappa shape index (κ3) is 4.05. The summed E-state index contributed by atoms with van der Waals surface area (Å²) in [6.07, 6.45) is 0.276. The second-order valence-corrected chi connectivity index (χ2v) is 8.19. The summed E-state index contributed by atoms with van der Waals surface area (Å²) in [6, 6.07) is 12.6. The molecule has 0 spiro atoms. The number of urea groups is 1. The third-order valence-electron chi connectivity index (χ3n) is 5.73. The van der Waals surface area contributed by atoms with E-state index in [9.17, 15) is 14.4 Å². The summed E-state index contributed by atoms with van der Waals surface area (Å²) in [4.78, 5) is 40.8. The Labute approximate surface area is 180 Å². The van der Waals surface area contributed by atoms with Crippen LogP contribution in [-0.2, 0) is 22.6 Å². The zero-order valence-corrected chi connectivity index (χ0v) is 17.8. The molecule has 2 heterocycles. The van der Waals surface area contributed by atoms with Crippen molar-refractivity contribution in [3.05, 3.63) is 59.2 Å². The minimum absolute atomic E-state index is 0.164. The fourth-order valence-corrected chi connectivity index (χ4v) is 3.86. The molecule has 1 fully saturated rings. The Morgan fingerprint density at radius 1 is 1.16 bits per heavy atom. The quantitative estimate of drug-likeness (QED) is 0.720. The van der Waals surface area contributed by atoms with Crippen LogP contribution < -0.4 is 14.8 Å². The minimum Gasteiger partial charge on any atom is -0.454 e. The molecule has 0 aromatic heterocycles. The van der Waals surface area contributed by atoms with Gasteiger partial charge in [0.15, 0.2) is 11.5 Å². The van der Waals surface area contributed by atoms with Crippen LogP contribution in [0.25, 0.3) is 0 Å². The van der Waals surface area contributed by atoms with Gasteiger partial charge in [0.05, 0.1) is 0 Å². The summed E-state index contributed by atoms with van der Waals surface area (Å²) in [5.41, 5.74) is 1.78. The minimum atomic E-state index is -1.14. The van der Waals surface area contributed by atoms with E-state index in [1.165, 1.54) is 4.90 Å². The van der Waals surface area contributed by atoms with Gasteiger partial charge in [0.25, 0.3) is 5.91 Å². The molecule has 1 unspecified atom stereocenters. The Balaban J connectivity index is 1.42. The van der Waals surface area contributed by atoms with E-state index in [1.807, 2.05) is 37.3 Å². The Hall–Kier alpha value is -3.55. The summed E-state index contributed by atoms with van der Waals surface area (Å²) in [5, 5.41) is 2.74. The molecule has 2 aliphatic heterocycles. The topological polar surface area (TPSA) is 88.2 Å². The van der Waals surface area contributed by atoms with Gasteiger partial charge in [0.1, 0.15) is 12.1 Å². The normalized spacial score (nSPS) is 19.5. The molecule has 1 atom stereocenters. The number of hydrogen-bond donors (Lipinski definition) is 1. The van der Waals surface area contributed by atoms with E-state index in [0.29, 0.717) is 18.0 Å². The SMILES string of the molecule is Cc1ccccc1CN(C)C(=O)CN1C(=O)NC(C)(Cc2ccc3c(c2)OCO3)C1=O. The van der Waals surface area contributed by atoms with Gasteiger partial charge in [-0.3, -0.25) is 14.5 Å². The van der Waals surface area contributed by atoms with Gasteiger partial charge < -0.3 is 19.7 Å². The van der Waals surface area contributed by atoms with E-state index in [4.69, 9.17) is 9.47 Å². The van der Waals surface area contributed by atoms with Crippen molar-refractivity contribution in [2.45, 2.75) is 32.4 Å². The molecule has 0 bridgehead atoms. The largest absolute Gasteiger partial charge is 0.454 e. The van der Waals surface area contributed by atoms with E-state index in [0.717, 1.165) is 21.6 Å². The Kier molecular flexibility index (Phi) is 5.31.